The van der Waals surface area contributed by atoms with Crippen LogP contribution in [0.15, 0.2) is 42.5 Å². The Hall–Kier alpha value is -1.55. The highest BCUT2D eigenvalue weighted by molar-refractivity contribution is 6.31. The minimum absolute atomic E-state index is 0.0440. The summed E-state index contributed by atoms with van der Waals surface area (Å²) in [6.45, 7) is 4.58. The molecular formula is C20H22Cl2N2O. The number of carbonyl (C=O) groups is 1. The molecule has 0 bridgehead atoms. The first kappa shape index (κ1) is 18.2. The summed E-state index contributed by atoms with van der Waals surface area (Å²) in [5.74, 6) is 0.125. The Morgan fingerprint density at radius 1 is 1.12 bits per heavy atom. The minimum atomic E-state index is 0.0440. The van der Waals surface area contributed by atoms with Gasteiger partial charge in [-0.2, -0.15) is 0 Å². The van der Waals surface area contributed by atoms with E-state index in [1.165, 1.54) is 0 Å². The Balaban J connectivity index is 1.52. The number of hydrogen-bond donors (Lipinski definition) is 1. The minimum Gasteiger partial charge on any atom is -0.326 e. The van der Waals surface area contributed by atoms with Gasteiger partial charge in [-0.1, -0.05) is 47.5 Å². The molecule has 0 radical (unpaired) electrons. The SMILES string of the molecule is Cc1ccc(NC(=O)C2CCN(Cc3ccccc3Cl)CC2)cc1Cl. The van der Waals surface area contributed by atoms with Crippen LogP contribution in [0.4, 0.5) is 5.69 Å². The summed E-state index contributed by atoms with van der Waals surface area (Å²) in [6.07, 6.45) is 1.71. The number of piperidine rings is 1. The predicted octanol–water partition coefficient (Wildman–Crippen LogP) is 5.15. The number of halogens is 2. The maximum Gasteiger partial charge on any atom is 0.227 e. The predicted molar refractivity (Wildman–Crippen MR) is 104 cm³/mol. The van der Waals surface area contributed by atoms with Crippen molar-refractivity contribution in [1.29, 1.82) is 0 Å². The highest BCUT2D eigenvalue weighted by Gasteiger charge is 2.25. The van der Waals surface area contributed by atoms with Gasteiger partial charge in [0.25, 0.3) is 0 Å². The first-order chi connectivity index (χ1) is 12.0. The molecule has 1 amide bonds. The molecule has 132 valence electrons. The molecule has 3 rings (SSSR count). The van der Waals surface area contributed by atoms with E-state index in [1.54, 1.807) is 6.07 Å². The van der Waals surface area contributed by atoms with Crippen molar-refractivity contribution in [2.75, 3.05) is 18.4 Å². The molecule has 5 heteroatoms. The van der Waals surface area contributed by atoms with Crippen molar-refractivity contribution in [2.24, 2.45) is 5.92 Å². The third kappa shape index (κ3) is 4.75. The van der Waals surface area contributed by atoms with E-state index in [0.717, 1.165) is 54.3 Å². The van der Waals surface area contributed by atoms with Gasteiger partial charge in [0.15, 0.2) is 0 Å². The lowest BCUT2D eigenvalue weighted by Crippen LogP contribution is -2.37. The molecule has 2 aromatic rings. The van der Waals surface area contributed by atoms with Crippen LogP contribution >= 0.6 is 23.2 Å². The Morgan fingerprint density at radius 2 is 1.84 bits per heavy atom. The number of aryl methyl sites for hydroxylation is 1. The molecule has 1 fully saturated rings. The summed E-state index contributed by atoms with van der Waals surface area (Å²) in [4.78, 5) is 14.8. The molecular weight excluding hydrogens is 355 g/mol. The maximum absolute atomic E-state index is 12.5. The standard InChI is InChI=1S/C20H22Cl2N2O/c1-14-6-7-17(12-19(14)22)23-20(25)15-8-10-24(11-9-15)13-16-4-2-3-5-18(16)21/h2-7,12,15H,8-11,13H2,1H3,(H,23,25). The lowest BCUT2D eigenvalue weighted by molar-refractivity contribution is -0.121. The molecule has 1 heterocycles. The van der Waals surface area contributed by atoms with Crippen molar-refractivity contribution in [3.63, 3.8) is 0 Å². The van der Waals surface area contributed by atoms with Crippen LogP contribution in [0.2, 0.25) is 10.0 Å². The Labute approximate surface area is 158 Å². The molecule has 0 aliphatic carbocycles. The number of rotatable bonds is 4. The largest absolute Gasteiger partial charge is 0.326 e. The molecule has 0 unspecified atom stereocenters. The van der Waals surface area contributed by atoms with Gasteiger partial charge in [0.05, 0.1) is 0 Å². The van der Waals surface area contributed by atoms with Gasteiger partial charge < -0.3 is 5.32 Å². The first-order valence-corrected chi connectivity index (χ1v) is 9.31. The van der Waals surface area contributed by atoms with Crippen LogP contribution in [-0.4, -0.2) is 23.9 Å². The number of carbonyl (C=O) groups excluding carboxylic acids is 1. The number of anilines is 1. The van der Waals surface area contributed by atoms with Gasteiger partial charge in [-0.25, -0.2) is 0 Å². The van der Waals surface area contributed by atoms with Gasteiger partial charge in [0.2, 0.25) is 5.91 Å². The van der Waals surface area contributed by atoms with Crippen LogP contribution in [0.25, 0.3) is 0 Å². The Morgan fingerprint density at radius 3 is 2.52 bits per heavy atom. The van der Waals surface area contributed by atoms with Gasteiger partial charge in [-0.05, 0) is 62.2 Å². The number of amides is 1. The fraction of sp³-hybridized carbons (Fsp3) is 0.350. The van der Waals surface area contributed by atoms with Gasteiger partial charge in [0, 0.05) is 28.2 Å². The third-order valence-corrected chi connectivity index (χ3v) is 5.53. The summed E-state index contributed by atoms with van der Waals surface area (Å²) in [5, 5.41) is 4.47. The Bertz CT molecular complexity index is 755. The monoisotopic (exact) mass is 376 g/mol. The lowest BCUT2D eigenvalue weighted by atomic mass is 9.95. The van der Waals surface area contributed by atoms with Crippen molar-refractivity contribution in [3.05, 3.63) is 63.6 Å². The van der Waals surface area contributed by atoms with E-state index in [9.17, 15) is 4.79 Å². The summed E-state index contributed by atoms with van der Waals surface area (Å²) in [6, 6.07) is 13.6. The van der Waals surface area contributed by atoms with Crippen molar-refractivity contribution >= 4 is 34.8 Å². The van der Waals surface area contributed by atoms with Crippen LogP contribution < -0.4 is 5.32 Å². The molecule has 1 saturated heterocycles. The van der Waals surface area contributed by atoms with Crippen LogP contribution in [0, 0.1) is 12.8 Å². The van der Waals surface area contributed by atoms with Crippen molar-refractivity contribution in [1.82, 2.24) is 4.90 Å². The molecule has 1 N–H and O–H groups in total. The average molecular weight is 377 g/mol. The summed E-state index contributed by atoms with van der Waals surface area (Å²) < 4.78 is 0. The second kappa shape index (κ2) is 8.22. The van der Waals surface area contributed by atoms with E-state index < -0.39 is 0 Å². The number of nitrogens with zero attached hydrogens (tertiary/aromatic N) is 1. The third-order valence-electron chi connectivity index (χ3n) is 4.75. The van der Waals surface area contributed by atoms with E-state index in [4.69, 9.17) is 23.2 Å². The molecule has 25 heavy (non-hydrogen) atoms. The summed E-state index contributed by atoms with van der Waals surface area (Å²) >= 11 is 12.4. The van der Waals surface area contributed by atoms with E-state index in [0.29, 0.717) is 5.02 Å². The van der Waals surface area contributed by atoms with Gasteiger partial charge >= 0.3 is 0 Å². The van der Waals surface area contributed by atoms with Gasteiger partial charge in [-0.15, -0.1) is 0 Å². The number of hydrogen-bond acceptors (Lipinski definition) is 2. The van der Waals surface area contributed by atoms with Crippen molar-refractivity contribution < 1.29 is 4.79 Å². The smallest absolute Gasteiger partial charge is 0.227 e. The quantitative estimate of drug-likeness (QED) is 0.799. The molecule has 2 aromatic carbocycles. The van der Waals surface area contributed by atoms with E-state index in [1.807, 2.05) is 37.3 Å². The molecule has 1 aliphatic rings. The molecule has 0 spiro atoms. The summed E-state index contributed by atoms with van der Waals surface area (Å²) in [7, 11) is 0. The van der Waals surface area contributed by atoms with Crippen molar-refractivity contribution in [3.8, 4) is 0 Å². The summed E-state index contributed by atoms with van der Waals surface area (Å²) in [5.41, 5.74) is 2.91. The average Bonchev–Trinajstić information content (AvgIpc) is 2.61. The van der Waals surface area contributed by atoms with E-state index in [2.05, 4.69) is 16.3 Å². The van der Waals surface area contributed by atoms with Crippen LogP contribution in [0.3, 0.4) is 0 Å². The van der Waals surface area contributed by atoms with E-state index in [-0.39, 0.29) is 11.8 Å². The topological polar surface area (TPSA) is 32.3 Å². The zero-order valence-electron chi connectivity index (χ0n) is 14.3. The second-order valence-electron chi connectivity index (χ2n) is 6.60. The highest BCUT2D eigenvalue weighted by Crippen LogP contribution is 2.25. The fourth-order valence-electron chi connectivity index (χ4n) is 3.14. The number of benzene rings is 2. The lowest BCUT2D eigenvalue weighted by Gasteiger charge is -2.31. The second-order valence-corrected chi connectivity index (χ2v) is 7.41. The Kier molecular flexibility index (Phi) is 6.00. The van der Waals surface area contributed by atoms with E-state index >= 15 is 0 Å². The molecule has 0 saturated carbocycles. The highest BCUT2D eigenvalue weighted by atomic mass is 35.5. The number of likely N-dealkylation sites (tertiary alicyclic amines) is 1. The molecule has 0 atom stereocenters. The first-order valence-electron chi connectivity index (χ1n) is 8.55. The van der Waals surface area contributed by atoms with Crippen LogP contribution in [0.5, 0.6) is 0 Å². The van der Waals surface area contributed by atoms with Gasteiger partial charge in [-0.3, -0.25) is 9.69 Å². The molecule has 0 aromatic heterocycles. The number of nitrogens with one attached hydrogen (secondary N) is 1. The van der Waals surface area contributed by atoms with Crippen molar-refractivity contribution in [2.45, 2.75) is 26.3 Å². The zero-order chi connectivity index (χ0) is 17.8. The normalized spacial score (nSPS) is 16.0. The van der Waals surface area contributed by atoms with Crippen LogP contribution in [-0.2, 0) is 11.3 Å². The molecule has 1 aliphatic heterocycles. The van der Waals surface area contributed by atoms with Crippen LogP contribution in [0.1, 0.15) is 24.0 Å². The molecule has 3 nitrogen and oxygen atoms in total. The maximum atomic E-state index is 12.5. The zero-order valence-corrected chi connectivity index (χ0v) is 15.8. The fourth-order valence-corrected chi connectivity index (χ4v) is 3.51. The van der Waals surface area contributed by atoms with Gasteiger partial charge in [0.1, 0.15) is 0 Å².